The van der Waals surface area contributed by atoms with Crippen molar-refractivity contribution in [2.75, 3.05) is 19.6 Å². The number of hydrogen-bond acceptors (Lipinski definition) is 4. The lowest BCUT2D eigenvalue weighted by Gasteiger charge is -2.36. The monoisotopic (exact) mass is 522 g/mol. The number of aromatic nitrogens is 1. The number of carbonyl (C=O) groups excluding carboxylic acids is 1. The van der Waals surface area contributed by atoms with Crippen LogP contribution in [0.1, 0.15) is 54.8 Å². The second-order valence-electron chi connectivity index (χ2n) is 10.7. The van der Waals surface area contributed by atoms with Gasteiger partial charge in [0.2, 0.25) is 0 Å². The van der Waals surface area contributed by atoms with Gasteiger partial charge in [0.1, 0.15) is 0 Å². The van der Waals surface area contributed by atoms with E-state index in [0.717, 1.165) is 43.0 Å². The van der Waals surface area contributed by atoms with Gasteiger partial charge in [-0.3, -0.25) is 19.1 Å². The summed E-state index contributed by atoms with van der Waals surface area (Å²) < 4.78 is 1.76. The molecule has 4 aromatic rings. The third-order valence-corrected chi connectivity index (χ3v) is 7.81. The van der Waals surface area contributed by atoms with Crippen molar-refractivity contribution in [3.8, 4) is 5.69 Å². The molecule has 2 atom stereocenters. The number of rotatable bonds is 8. The number of piperazine rings is 1. The first-order valence-electron chi connectivity index (χ1n) is 14.0. The molecule has 0 saturated carbocycles. The van der Waals surface area contributed by atoms with Crippen LogP contribution < -0.4 is 16.2 Å². The lowest BCUT2D eigenvalue weighted by molar-refractivity contribution is 0.0933. The fourth-order valence-electron chi connectivity index (χ4n) is 5.63. The standard InChI is InChI=1S/C33H38N4O2/c1-4-28(24-13-7-5-8-14-24)35-32(38)31-26-17-11-12-18-27(26)33(39)37(25-15-9-6-10-16-25)30(31)22-36-20-19-34-29(21-36)23(2)3/h5-18,23,28-29,34H,4,19-22H2,1-3H3,(H,35,38)/t28-,29?/m0/s1. The summed E-state index contributed by atoms with van der Waals surface area (Å²) >= 11 is 0. The van der Waals surface area contributed by atoms with Crippen LogP contribution in [-0.2, 0) is 6.54 Å². The topological polar surface area (TPSA) is 66.4 Å². The Balaban J connectivity index is 1.68. The minimum Gasteiger partial charge on any atom is -0.345 e. The number of fused-ring (bicyclic) bond motifs is 1. The maximum absolute atomic E-state index is 14.3. The highest BCUT2D eigenvalue weighted by molar-refractivity contribution is 6.08. The second-order valence-corrected chi connectivity index (χ2v) is 10.7. The van der Waals surface area contributed by atoms with E-state index in [-0.39, 0.29) is 17.5 Å². The third kappa shape index (κ3) is 5.68. The van der Waals surface area contributed by atoms with Gasteiger partial charge in [0, 0.05) is 48.7 Å². The van der Waals surface area contributed by atoms with E-state index in [4.69, 9.17) is 0 Å². The van der Waals surface area contributed by atoms with Crippen molar-refractivity contribution in [2.45, 2.75) is 45.8 Å². The highest BCUT2D eigenvalue weighted by atomic mass is 16.2. The Morgan fingerprint density at radius 1 is 0.949 bits per heavy atom. The molecule has 6 nitrogen and oxygen atoms in total. The smallest absolute Gasteiger partial charge is 0.263 e. The molecule has 0 bridgehead atoms. The third-order valence-electron chi connectivity index (χ3n) is 7.81. The van der Waals surface area contributed by atoms with Gasteiger partial charge in [0.25, 0.3) is 11.5 Å². The summed E-state index contributed by atoms with van der Waals surface area (Å²) in [6, 6.07) is 27.5. The van der Waals surface area contributed by atoms with Crippen molar-refractivity contribution in [1.29, 1.82) is 0 Å². The van der Waals surface area contributed by atoms with Crippen LogP contribution in [0.3, 0.4) is 0 Å². The Hall–Kier alpha value is -3.74. The molecule has 5 rings (SSSR count). The van der Waals surface area contributed by atoms with Gasteiger partial charge in [-0.25, -0.2) is 0 Å². The van der Waals surface area contributed by atoms with Crippen molar-refractivity contribution < 1.29 is 4.79 Å². The highest BCUT2D eigenvalue weighted by Crippen LogP contribution is 2.26. The molecule has 0 spiro atoms. The van der Waals surface area contributed by atoms with E-state index in [9.17, 15) is 9.59 Å². The van der Waals surface area contributed by atoms with Crippen LogP contribution >= 0.6 is 0 Å². The molecule has 202 valence electrons. The Morgan fingerprint density at radius 2 is 1.59 bits per heavy atom. The van der Waals surface area contributed by atoms with E-state index >= 15 is 0 Å². The first-order chi connectivity index (χ1) is 19.0. The van der Waals surface area contributed by atoms with Gasteiger partial charge in [-0.1, -0.05) is 87.5 Å². The number of nitrogens with one attached hydrogen (secondary N) is 2. The molecule has 1 amide bonds. The number of nitrogens with zero attached hydrogens (tertiary/aromatic N) is 2. The predicted octanol–water partition coefficient (Wildman–Crippen LogP) is 5.30. The van der Waals surface area contributed by atoms with Crippen molar-refractivity contribution in [3.63, 3.8) is 0 Å². The van der Waals surface area contributed by atoms with E-state index in [1.54, 1.807) is 4.57 Å². The average molecular weight is 523 g/mol. The van der Waals surface area contributed by atoms with E-state index in [1.807, 2.05) is 84.9 Å². The molecule has 3 aromatic carbocycles. The lowest BCUT2D eigenvalue weighted by atomic mass is 9.98. The lowest BCUT2D eigenvalue weighted by Crippen LogP contribution is -2.52. The number of benzene rings is 3. The van der Waals surface area contributed by atoms with E-state index in [0.29, 0.717) is 34.8 Å². The van der Waals surface area contributed by atoms with Crippen LogP contribution in [-0.4, -0.2) is 41.1 Å². The van der Waals surface area contributed by atoms with Crippen LogP contribution in [0, 0.1) is 5.92 Å². The van der Waals surface area contributed by atoms with Crippen molar-refractivity contribution in [3.05, 3.63) is 112 Å². The average Bonchev–Trinajstić information content (AvgIpc) is 2.97. The highest BCUT2D eigenvalue weighted by Gasteiger charge is 2.28. The summed E-state index contributed by atoms with van der Waals surface area (Å²) in [5.41, 5.74) is 3.03. The molecule has 1 unspecified atom stereocenters. The number of amides is 1. The first-order valence-corrected chi connectivity index (χ1v) is 14.0. The summed E-state index contributed by atoms with van der Waals surface area (Å²) in [5.74, 6) is 0.330. The van der Waals surface area contributed by atoms with Gasteiger partial charge in [-0.15, -0.1) is 0 Å². The molecule has 2 N–H and O–H groups in total. The zero-order valence-corrected chi connectivity index (χ0v) is 23.1. The summed E-state index contributed by atoms with van der Waals surface area (Å²) in [7, 11) is 0. The molecule has 1 aliphatic heterocycles. The van der Waals surface area contributed by atoms with Crippen LogP contribution in [0.4, 0.5) is 0 Å². The van der Waals surface area contributed by atoms with Gasteiger partial charge in [-0.2, -0.15) is 0 Å². The molecule has 1 aliphatic rings. The summed E-state index contributed by atoms with van der Waals surface area (Å²) in [6.45, 7) is 9.62. The quantitative estimate of drug-likeness (QED) is 0.330. The predicted molar refractivity (Wildman–Crippen MR) is 158 cm³/mol. The van der Waals surface area contributed by atoms with E-state index in [1.165, 1.54) is 0 Å². The molecule has 1 aromatic heterocycles. The number of pyridine rings is 1. The Labute approximate surface area is 230 Å². The van der Waals surface area contributed by atoms with Gasteiger partial charge >= 0.3 is 0 Å². The minimum absolute atomic E-state index is 0.103. The fraction of sp³-hybridized carbons (Fsp3) is 0.333. The molecule has 1 fully saturated rings. The largest absolute Gasteiger partial charge is 0.345 e. The molecule has 2 heterocycles. The second kappa shape index (κ2) is 12.0. The van der Waals surface area contributed by atoms with E-state index in [2.05, 4.69) is 36.3 Å². The molecule has 1 saturated heterocycles. The van der Waals surface area contributed by atoms with Gasteiger partial charge in [-0.05, 0) is 36.1 Å². The minimum atomic E-state index is -0.155. The Kier molecular flexibility index (Phi) is 8.24. The zero-order valence-electron chi connectivity index (χ0n) is 23.1. The van der Waals surface area contributed by atoms with Crippen LogP contribution in [0.25, 0.3) is 16.5 Å². The first kappa shape index (κ1) is 26.9. The summed E-state index contributed by atoms with van der Waals surface area (Å²) in [6.07, 6.45) is 0.759. The Morgan fingerprint density at radius 3 is 2.26 bits per heavy atom. The summed E-state index contributed by atoms with van der Waals surface area (Å²) in [5, 5.41) is 8.17. The Bertz CT molecular complexity index is 1480. The maximum atomic E-state index is 14.3. The van der Waals surface area contributed by atoms with Gasteiger partial charge < -0.3 is 10.6 Å². The molecular formula is C33H38N4O2. The van der Waals surface area contributed by atoms with Crippen LogP contribution in [0.5, 0.6) is 0 Å². The molecule has 0 radical (unpaired) electrons. The normalized spacial score (nSPS) is 16.9. The molecule has 0 aliphatic carbocycles. The van der Waals surface area contributed by atoms with Gasteiger partial charge in [0.15, 0.2) is 0 Å². The maximum Gasteiger partial charge on any atom is 0.263 e. The molecule has 6 heteroatoms. The number of para-hydroxylation sites is 1. The molecular weight excluding hydrogens is 484 g/mol. The number of hydrogen-bond donors (Lipinski definition) is 2. The van der Waals surface area contributed by atoms with Crippen molar-refractivity contribution in [1.82, 2.24) is 20.1 Å². The van der Waals surface area contributed by atoms with Crippen molar-refractivity contribution >= 4 is 16.7 Å². The van der Waals surface area contributed by atoms with Crippen molar-refractivity contribution in [2.24, 2.45) is 5.92 Å². The van der Waals surface area contributed by atoms with Gasteiger partial charge in [0.05, 0.1) is 17.3 Å². The van der Waals surface area contributed by atoms with Crippen LogP contribution in [0.2, 0.25) is 0 Å². The van der Waals surface area contributed by atoms with E-state index < -0.39 is 0 Å². The SMILES string of the molecule is CC[C@H](NC(=O)c1c(CN2CCNC(C(C)C)C2)n(-c2ccccc2)c(=O)c2ccccc12)c1ccccc1. The fourth-order valence-corrected chi connectivity index (χ4v) is 5.63. The van der Waals surface area contributed by atoms with Crippen LogP contribution in [0.15, 0.2) is 89.7 Å². The molecule has 39 heavy (non-hydrogen) atoms. The summed E-state index contributed by atoms with van der Waals surface area (Å²) in [4.78, 5) is 30.7. The zero-order chi connectivity index (χ0) is 27.4. The number of carbonyl (C=O) groups is 1.